The van der Waals surface area contributed by atoms with Crippen molar-refractivity contribution in [2.75, 3.05) is 32.7 Å². The van der Waals surface area contributed by atoms with Crippen LogP contribution in [-0.4, -0.2) is 61.6 Å². The highest BCUT2D eigenvalue weighted by atomic mass is 127. The van der Waals surface area contributed by atoms with E-state index in [9.17, 15) is 13.6 Å². The first-order chi connectivity index (χ1) is 14.5. The molecular weight excluding hydrogens is 515 g/mol. The zero-order valence-electron chi connectivity index (χ0n) is 18.3. The molecule has 3 N–H and O–H groups in total. The van der Waals surface area contributed by atoms with E-state index < -0.39 is 11.6 Å². The van der Waals surface area contributed by atoms with Gasteiger partial charge in [0.05, 0.1) is 6.54 Å². The number of hydrogen-bond acceptors (Lipinski definition) is 3. The van der Waals surface area contributed by atoms with Crippen molar-refractivity contribution in [1.82, 2.24) is 20.9 Å². The number of guanidine groups is 1. The summed E-state index contributed by atoms with van der Waals surface area (Å²) in [7, 11) is 0. The van der Waals surface area contributed by atoms with Gasteiger partial charge < -0.3 is 16.0 Å². The van der Waals surface area contributed by atoms with E-state index in [1.807, 2.05) is 13.8 Å². The number of nitrogens with one attached hydrogen (secondary N) is 3. The summed E-state index contributed by atoms with van der Waals surface area (Å²) in [4.78, 5) is 18.6. The van der Waals surface area contributed by atoms with Gasteiger partial charge in [0.25, 0.3) is 0 Å². The van der Waals surface area contributed by atoms with Crippen LogP contribution in [0, 0.1) is 11.6 Å². The third-order valence-corrected chi connectivity index (χ3v) is 5.67. The van der Waals surface area contributed by atoms with Crippen LogP contribution < -0.4 is 16.0 Å². The minimum Gasteiger partial charge on any atom is -0.355 e. The van der Waals surface area contributed by atoms with Crippen LogP contribution >= 0.6 is 24.0 Å². The summed E-state index contributed by atoms with van der Waals surface area (Å²) >= 11 is 0. The second-order valence-corrected chi connectivity index (χ2v) is 8.10. The van der Waals surface area contributed by atoms with Gasteiger partial charge >= 0.3 is 0 Å². The van der Waals surface area contributed by atoms with Gasteiger partial charge in [-0.3, -0.25) is 14.7 Å². The van der Waals surface area contributed by atoms with E-state index in [-0.39, 0.29) is 53.4 Å². The number of carbonyl (C=O) groups excluding carboxylic acids is 1. The number of halogens is 3. The van der Waals surface area contributed by atoms with Crippen LogP contribution in [0.4, 0.5) is 8.78 Å². The minimum absolute atomic E-state index is 0. The number of nitrogens with zero attached hydrogens (tertiary/aromatic N) is 2. The third kappa shape index (κ3) is 7.55. The highest BCUT2D eigenvalue weighted by molar-refractivity contribution is 14.0. The lowest BCUT2D eigenvalue weighted by molar-refractivity contribution is -0.122. The highest BCUT2D eigenvalue weighted by Gasteiger charge is 2.42. The minimum atomic E-state index is -0.485. The number of carbonyl (C=O) groups is 1. The van der Waals surface area contributed by atoms with E-state index in [4.69, 9.17) is 0 Å². The molecule has 3 rings (SSSR count). The lowest BCUT2D eigenvalue weighted by Gasteiger charge is -2.32. The molecule has 1 aliphatic heterocycles. The van der Waals surface area contributed by atoms with E-state index in [0.29, 0.717) is 25.5 Å². The van der Waals surface area contributed by atoms with E-state index >= 15 is 0 Å². The number of benzene rings is 1. The standard InChI is InChI=1S/C22H33F2N5O.HI/c1-3-10-26-20(30)14-29-11-8-15(9-12-29)27-22(25-4-2)28-19-13-16(19)21-17(23)6-5-7-18(21)24;/h5-7,15-16,19H,3-4,8-14H2,1-2H3,(H,26,30)(H2,25,27,28);1H. The molecule has 31 heavy (non-hydrogen) atoms. The van der Waals surface area contributed by atoms with E-state index in [2.05, 4.69) is 25.8 Å². The van der Waals surface area contributed by atoms with Crippen LogP contribution in [0.3, 0.4) is 0 Å². The Labute approximate surface area is 200 Å². The van der Waals surface area contributed by atoms with Crippen LogP contribution in [-0.2, 0) is 4.79 Å². The van der Waals surface area contributed by atoms with Crippen molar-refractivity contribution in [2.45, 2.75) is 57.5 Å². The zero-order chi connectivity index (χ0) is 21.5. The Morgan fingerprint density at radius 1 is 1.16 bits per heavy atom. The topological polar surface area (TPSA) is 68.8 Å². The van der Waals surface area contributed by atoms with E-state index in [1.165, 1.54) is 18.2 Å². The van der Waals surface area contributed by atoms with E-state index in [1.54, 1.807) is 0 Å². The molecule has 0 aromatic heterocycles. The largest absolute Gasteiger partial charge is 0.355 e. The molecule has 1 saturated heterocycles. The van der Waals surface area contributed by atoms with Gasteiger partial charge in [0, 0.05) is 49.7 Å². The van der Waals surface area contributed by atoms with Gasteiger partial charge in [-0.1, -0.05) is 13.0 Å². The molecule has 1 aliphatic carbocycles. The van der Waals surface area contributed by atoms with Crippen LogP contribution in [0.25, 0.3) is 0 Å². The average molecular weight is 549 g/mol. The Balaban J connectivity index is 0.00000341. The van der Waals surface area contributed by atoms with Crippen molar-refractivity contribution in [1.29, 1.82) is 0 Å². The van der Waals surface area contributed by atoms with Gasteiger partial charge in [-0.05, 0) is 44.7 Å². The van der Waals surface area contributed by atoms with Crippen LogP contribution in [0.1, 0.15) is 51.0 Å². The molecule has 1 heterocycles. The number of piperidine rings is 1. The van der Waals surface area contributed by atoms with Crippen molar-refractivity contribution in [2.24, 2.45) is 4.99 Å². The Bertz CT molecular complexity index is 735. The fourth-order valence-corrected chi connectivity index (χ4v) is 3.96. The summed E-state index contributed by atoms with van der Waals surface area (Å²) in [6.07, 6.45) is 3.46. The van der Waals surface area contributed by atoms with Gasteiger partial charge in [0.15, 0.2) is 5.96 Å². The lowest BCUT2D eigenvalue weighted by atomic mass is 10.1. The molecule has 1 amide bonds. The second kappa shape index (κ2) is 12.5. The number of hydrogen-bond donors (Lipinski definition) is 3. The normalized spacial score (nSPS) is 21.9. The molecule has 2 atom stereocenters. The summed E-state index contributed by atoms with van der Waals surface area (Å²) in [6.45, 7) is 7.49. The number of amides is 1. The van der Waals surface area contributed by atoms with Crippen molar-refractivity contribution in [3.05, 3.63) is 35.4 Å². The molecule has 0 bridgehead atoms. The van der Waals surface area contributed by atoms with Gasteiger partial charge in [-0.2, -0.15) is 0 Å². The maximum absolute atomic E-state index is 14.0. The highest BCUT2D eigenvalue weighted by Crippen LogP contribution is 2.43. The summed E-state index contributed by atoms with van der Waals surface area (Å²) in [5.74, 6) is -0.360. The molecule has 1 aromatic rings. The molecule has 0 radical (unpaired) electrons. The number of likely N-dealkylation sites (tertiary alicyclic amines) is 1. The molecule has 2 fully saturated rings. The van der Waals surface area contributed by atoms with Crippen LogP contribution in [0.2, 0.25) is 0 Å². The molecule has 2 unspecified atom stereocenters. The first-order valence-corrected chi connectivity index (χ1v) is 11.0. The predicted molar refractivity (Wildman–Crippen MR) is 130 cm³/mol. The van der Waals surface area contributed by atoms with Crippen molar-refractivity contribution < 1.29 is 13.6 Å². The van der Waals surface area contributed by atoms with Gasteiger partial charge in [-0.15, -0.1) is 24.0 Å². The number of aliphatic imine (C=N–C) groups is 1. The maximum Gasteiger partial charge on any atom is 0.234 e. The Morgan fingerprint density at radius 3 is 2.45 bits per heavy atom. The zero-order valence-corrected chi connectivity index (χ0v) is 20.6. The fourth-order valence-electron chi connectivity index (χ4n) is 3.96. The van der Waals surface area contributed by atoms with Crippen molar-refractivity contribution in [3.8, 4) is 0 Å². The fraction of sp³-hybridized carbons (Fsp3) is 0.636. The van der Waals surface area contributed by atoms with Crippen LogP contribution in [0.15, 0.2) is 23.2 Å². The summed E-state index contributed by atoms with van der Waals surface area (Å²) < 4.78 is 28.0. The molecule has 0 spiro atoms. The average Bonchev–Trinajstić information content (AvgIpc) is 3.46. The molecule has 9 heteroatoms. The van der Waals surface area contributed by atoms with Gasteiger partial charge in [-0.25, -0.2) is 8.78 Å². The lowest BCUT2D eigenvalue weighted by Crippen LogP contribution is -2.50. The Hall–Kier alpha value is -1.49. The monoisotopic (exact) mass is 549 g/mol. The molecular formula is C22H34F2IN5O. The maximum atomic E-state index is 14.0. The van der Waals surface area contributed by atoms with Crippen molar-refractivity contribution >= 4 is 35.8 Å². The predicted octanol–water partition coefficient (Wildman–Crippen LogP) is 2.98. The molecule has 2 aliphatic rings. The van der Waals surface area contributed by atoms with Crippen molar-refractivity contribution in [3.63, 3.8) is 0 Å². The third-order valence-electron chi connectivity index (χ3n) is 5.67. The molecule has 1 aromatic carbocycles. The summed E-state index contributed by atoms with van der Waals surface area (Å²) in [5, 5.41) is 9.71. The number of rotatable bonds is 8. The van der Waals surface area contributed by atoms with E-state index in [0.717, 1.165) is 38.9 Å². The Kier molecular flexibility index (Phi) is 10.4. The summed E-state index contributed by atoms with van der Waals surface area (Å²) in [5.41, 5.74) is 0.167. The Morgan fingerprint density at radius 2 is 1.84 bits per heavy atom. The molecule has 6 nitrogen and oxygen atoms in total. The quantitative estimate of drug-likeness (QED) is 0.265. The molecule has 1 saturated carbocycles. The molecule has 174 valence electrons. The smallest absolute Gasteiger partial charge is 0.234 e. The summed E-state index contributed by atoms with van der Waals surface area (Å²) in [6, 6.07) is 4.26. The first-order valence-electron chi connectivity index (χ1n) is 11.0. The first kappa shape index (κ1) is 25.8. The van der Waals surface area contributed by atoms with Gasteiger partial charge in [0.1, 0.15) is 11.6 Å². The second-order valence-electron chi connectivity index (χ2n) is 8.10. The van der Waals surface area contributed by atoms with Gasteiger partial charge in [0.2, 0.25) is 5.91 Å². The van der Waals surface area contributed by atoms with Crippen LogP contribution in [0.5, 0.6) is 0 Å². The SMILES string of the molecule is CCCNC(=O)CN1CCC(NC(=NCC)NC2CC2c2c(F)cccc2F)CC1.I.